The molecule has 0 saturated carbocycles. The summed E-state index contributed by atoms with van der Waals surface area (Å²) in [6.45, 7) is 10.2. The number of allylic oxidation sites excluding steroid dienone is 1. The zero-order valence-electron chi connectivity index (χ0n) is 20.9. The number of anilines is 1. The molecule has 1 atom stereocenters. The van der Waals surface area contributed by atoms with Crippen molar-refractivity contribution in [2.45, 2.75) is 64.9 Å². The van der Waals surface area contributed by atoms with Crippen LogP contribution in [0.4, 0.5) is 5.95 Å². The predicted molar refractivity (Wildman–Crippen MR) is 139 cm³/mol. The van der Waals surface area contributed by atoms with E-state index in [2.05, 4.69) is 48.4 Å². The van der Waals surface area contributed by atoms with Crippen molar-refractivity contribution >= 4 is 23.7 Å². The zero-order valence-corrected chi connectivity index (χ0v) is 21.7. The van der Waals surface area contributed by atoms with Crippen LogP contribution in [-0.2, 0) is 16.1 Å². The number of benzene rings is 2. The van der Waals surface area contributed by atoms with E-state index in [1.54, 1.807) is 16.4 Å². The maximum Gasteiger partial charge on any atom is 0.338 e. The third-order valence-corrected chi connectivity index (χ3v) is 6.57. The van der Waals surface area contributed by atoms with Gasteiger partial charge >= 0.3 is 5.97 Å². The van der Waals surface area contributed by atoms with Crippen molar-refractivity contribution in [3.05, 3.63) is 76.5 Å². The number of esters is 1. The molecule has 35 heavy (non-hydrogen) atoms. The van der Waals surface area contributed by atoms with Gasteiger partial charge < -0.3 is 14.8 Å². The molecule has 7 nitrogen and oxygen atoms in total. The molecular weight excluding hydrogens is 460 g/mol. The Bertz CT molecular complexity index is 1220. The maximum atomic E-state index is 13.2. The van der Waals surface area contributed by atoms with E-state index >= 15 is 0 Å². The Morgan fingerprint density at radius 3 is 2.66 bits per heavy atom. The van der Waals surface area contributed by atoms with E-state index in [1.165, 1.54) is 5.56 Å². The van der Waals surface area contributed by atoms with Gasteiger partial charge in [0.05, 0.1) is 11.7 Å². The van der Waals surface area contributed by atoms with Gasteiger partial charge in [-0.3, -0.25) is 0 Å². The molecule has 1 aromatic heterocycles. The second-order valence-corrected chi connectivity index (χ2v) is 9.94. The molecule has 0 fully saturated rings. The van der Waals surface area contributed by atoms with Crippen LogP contribution in [-0.4, -0.2) is 32.6 Å². The Hall–Kier alpha value is -3.26. The lowest BCUT2D eigenvalue weighted by Crippen LogP contribution is -2.30. The molecule has 0 aliphatic carbocycles. The number of ether oxygens (including phenoxy) is 2. The van der Waals surface area contributed by atoms with E-state index in [0.29, 0.717) is 29.0 Å². The summed E-state index contributed by atoms with van der Waals surface area (Å²) < 4.78 is 13.5. The van der Waals surface area contributed by atoms with Crippen LogP contribution in [0.2, 0.25) is 0 Å². The van der Waals surface area contributed by atoms with Gasteiger partial charge in [0.25, 0.3) is 0 Å². The van der Waals surface area contributed by atoms with Crippen LogP contribution in [0.1, 0.15) is 56.8 Å². The van der Waals surface area contributed by atoms with Crippen LogP contribution in [0.5, 0.6) is 5.75 Å². The van der Waals surface area contributed by atoms with Crippen LogP contribution in [0, 0.1) is 6.92 Å². The number of fused-ring (bicyclic) bond motifs is 1. The first-order valence-corrected chi connectivity index (χ1v) is 12.9. The van der Waals surface area contributed by atoms with Gasteiger partial charge in [-0.2, -0.15) is 4.98 Å². The highest BCUT2D eigenvalue weighted by Gasteiger charge is 2.35. The summed E-state index contributed by atoms with van der Waals surface area (Å²) in [6.07, 6.45) is 0.787. The molecule has 0 saturated heterocycles. The molecule has 0 amide bonds. The van der Waals surface area contributed by atoms with Gasteiger partial charge in [-0.05, 0) is 57.4 Å². The van der Waals surface area contributed by atoms with E-state index in [0.717, 1.165) is 29.1 Å². The molecule has 0 bridgehead atoms. The van der Waals surface area contributed by atoms with Gasteiger partial charge in [0.15, 0.2) is 0 Å². The minimum atomic E-state index is -0.482. The van der Waals surface area contributed by atoms with Gasteiger partial charge in [0.1, 0.15) is 18.4 Å². The van der Waals surface area contributed by atoms with Gasteiger partial charge in [-0.15, -0.1) is 5.10 Å². The first-order valence-electron chi connectivity index (χ1n) is 11.9. The van der Waals surface area contributed by atoms with E-state index < -0.39 is 6.04 Å². The molecule has 184 valence electrons. The second kappa shape index (κ2) is 11.0. The fourth-order valence-corrected chi connectivity index (χ4v) is 4.54. The van der Waals surface area contributed by atoms with Crippen molar-refractivity contribution in [2.24, 2.45) is 0 Å². The third kappa shape index (κ3) is 5.88. The number of thioether (sulfide) groups is 1. The standard InChI is InChI=1S/C27H32N4O3S/c1-6-14-35-27-29-26-28-19(5)23(25(32)34-17(2)3)24(31(26)30-27)21-8-7-9-22(15-21)33-16-20-12-10-18(4)11-13-20/h7-13,15,17,24H,6,14,16H2,1-5H3,(H,28,29,30). The highest BCUT2D eigenvalue weighted by molar-refractivity contribution is 7.99. The molecule has 1 N–H and O–H groups in total. The van der Waals surface area contributed by atoms with Crippen LogP contribution in [0.3, 0.4) is 0 Å². The summed E-state index contributed by atoms with van der Waals surface area (Å²) in [4.78, 5) is 17.9. The molecule has 2 heterocycles. The number of carbonyl (C=O) groups excluding carboxylic acids is 1. The fourth-order valence-electron chi connectivity index (χ4n) is 3.86. The molecule has 8 heteroatoms. The first kappa shape index (κ1) is 24.9. The summed E-state index contributed by atoms with van der Waals surface area (Å²) in [5, 5.41) is 8.68. The lowest BCUT2D eigenvalue weighted by Gasteiger charge is -2.28. The summed E-state index contributed by atoms with van der Waals surface area (Å²) >= 11 is 1.60. The molecule has 1 aliphatic heterocycles. The van der Waals surface area contributed by atoms with Gasteiger partial charge in [-0.1, -0.05) is 60.6 Å². The second-order valence-electron chi connectivity index (χ2n) is 8.88. The zero-order chi connectivity index (χ0) is 24.9. The third-order valence-electron chi connectivity index (χ3n) is 5.53. The number of hydrogen-bond donors (Lipinski definition) is 1. The van der Waals surface area contributed by atoms with Crippen molar-refractivity contribution < 1.29 is 14.3 Å². The van der Waals surface area contributed by atoms with Crippen LogP contribution in [0.25, 0.3) is 0 Å². The summed E-state index contributed by atoms with van der Waals surface area (Å²) in [5.41, 5.74) is 4.40. The number of carbonyl (C=O) groups is 1. The smallest absolute Gasteiger partial charge is 0.338 e. The average molecular weight is 493 g/mol. The van der Waals surface area contributed by atoms with Gasteiger partial charge in [-0.25, -0.2) is 9.48 Å². The molecule has 3 aromatic rings. The predicted octanol–water partition coefficient (Wildman–Crippen LogP) is 5.91. The molecule has 0 radical (unpaired) electrons. The number of rotatable bonds is 9. The van der Waals surface area contributed by atoms with E-state index in [1.807, 2.05) is 45.0 Å². The summed E-state index contributed by atoms with van der Waals surface area (Å²) in [5.74, 6) is 1.88. The Morgan fingerprint density at radius 1 is 1.17 bits per heavy atom. The van der Waals surface area contributed by atoms with Crippen molar-refractivity contribution in [1.82, 2.24) is 14.8 Å². The molecule has 1 unspecified atom stereocenters. The molecule has 2 aromatic carbocycles. The quantitative estimate of drug-likeness (QED) is 0.294. The molecule has 0 spiro atoms. The monoisotopic (exact) mass is 492 g/mol. The van der Waals surface area contributed by atoms with Gasteiger partial charge in [0.2, 0.25) is 11.1 Å². The molecular formula is C27H32N4O3S. The topological polar surface area (TPSA) is 78.3 Å². The van der Waals surface area contributed by atoms with Crippen LogP contribution in [0.15, 0.2) is 65.0 Å². The number of hydrogen-bond acceptors (Lipinski definition) is 7. The molecule has 1 aliphatic rings. The van der Waals surface area contributed by atoms with Gasteiger partial charge in [0, 0.05) is 11.4 Å². The van der Waals surface area contributed by atoms with Crippen molar-refractivity contribution in [3.8, 4) is 5.75 Å². The average Bonchev–Trinajstić information content (AvgIpc) is 3.23. The SMILES string of the molecule is CCCSc1nc2n(n1)C(c1cccc(OCc3ccc(C)cc3)c1)C(C(=O)OC(C)C)=C(C)N2. The Morgan fingerprint density at radius 2 is 1.94 bits per heavy atom. The lowest BCUT2D eigenvalue weighted by molar-refractivity contribution is -0.143. The van der Waals surface area contributed by atoms with Crippen LogP contribution < -0.4 is 10.1 Å². The molecule has 4 rings (SSSR count). The van der Waals surface area contributed by atoms with Crippen molar-refractivity contribution in [2.75, 3.05) is 11.1 Å². The maximum absolute atomic E-state index is 13.2. The highest BCUT2D eigenvalue weighted by Crippen LogP contribution is 2.38. The number of aryl methyl sites for hydroxylation is 1. The number of nitrogens with one attached hydrogen (secondary N) is 1. The Kier molecular flexibility index (Phi) is 7.80. The van der Waals surface area contributed by atoms with Crippen LogP contribution >= 0.6 is 11.8 Å². The number of aromatic nitrogens is 3. The summed E-state index contributed by atoms with van der Waals surface area (Å²) in [7, 11) is 0. The Labute approximate surface area is 210 Å². The summed E-state index contributed by atoms with van der Waals surface area (Å²) in [6, 6.07) is 15.6. The fraction of sp³-hybridized carbons (Fsp3) is 0.370. The first-order chi connectivity index (χ1) is 16.9. The minimum Gasteiger partial charge on any atom is -0.489 e. The van der Waals surface area contributed by atoms with Crippen molar-refractivity contribution in [3.63, 3.8) is 0 Å². The Balaban J connectivity index is 1.68. The number of nitrogens with zero attached hydrogens (tertiary/aromatic N) is 3. The van der Waals surface area contributed by atoms with Crippen molar-refractivity contribution in [1.29, 1.82) is 0 Å². The highest BCUT2D eigenvalue weighted by atomic mass is 32.2. The van der Waals surface area contributed by atoms with E-state index in [-0.39, 0.29) is 12.1 Å². The van der Waals surface area contributed by atoms with E-state index in [9.17, 15) is 4.79 Å². The normalized spacial score (nSPS) is 15.1. The van der Waals surface area contributed by atoms with E-state index in [4.69, 9.17) is 14.6 Å². The lowest BCUT2D eigenvalue weighted by atomic mass is 9.95. The minimum absolute atomic E-state index is 0.236. The largest absolute Gasteiger partial charge is 0.489 e.